The van der Waals surface area contributed by atoms with Crippen molar-refractivity contribution in [3.8, 4) is 5.75 Å². The highest BCUT2D eigenvalue weighted by atomic mass is 16.5. The summed E-state index contributed by atoms with van der Waals surface area (Å²) in [5.74, 6) is 0.378. The maximum atomic E-state index is 13.3. The Bertz CT molecular complexity index is 931. The van der Waals surface area contributed by atoms with E-state index in [1.807, 2.05) is 54.6 Å². The van der Waals surface area contributed by atoms with Gasteiger partial charge in [-0.15, -0.1) is 0 Å². The molecule has 1 aliphatic heterocycles. The van der Waals surface area contributed by atoms with Crippen molar-refractivity contribution in [1.82, 2.24) is 15.5 Å². The summed E-state index contributed by atoms with van der Waals surface area (Å²) in [5.41, 5.74) is 1.96. The summed E-state index contributed by atoms with van der Waals surface area (Å²) in [6.07, 6.45) is 4.91. The van der Waals surface area contributed by atoms with Crippen LogP contribution in [0.4, 0.5) is 0 Å². The molecule has 1 saturated heterocycles. The molecular formula is C27H35N3O4. The lowest BCUT2D eigenvalue weighted by Crippen LogP contribution is -2.44. The van der Waals surface area contributed by atoms with E-state index in [0.717, 1.165) is 42.6 Å². The van der Waals surface area contributed by atoms with Gasteiger partial charge >= 0.3 is 0 Å². The Morgan fingerprint density at radius 2 is 1.76 bits per heavy atom. The highest BCUT2D eigenvalue weighted by molar-refractivity contribution is 5.86. The molecule has 0 saturated carbocycles. The molecule has 0 aromatic heterocycles. The van der Waals surface area contributed by atoms with Crippen LogP contribution in [0.15, 0.2) is 54.6 Å². The molecule has 1 atom stereocenters. The number of hydrogen-bond acceptors (Lipinski definition) is 4. The second-order valence-electron chi connectivity index (χ2n) is 8.61. The molecule has 3 rings (SSSR count). The van der Waals surface area contributed by atoms with Gasteiger partial charge in [-0.2, -0.15) is 0 Å². The fourth-order valence-corrected chi connectivity index (χ4v) is 4.19. The average Bonchev–Trinajstić information content (AvgIpc) is 2.91. The molecule has 1 heterocycles. The normalized spacial score (nSPS) is 17.3. The number of aryl methyl sites for hydroxylation is 1. The molecule has 0 bridgehead atoms. The van der Waals surface area contributed by atoms with E-state index in [9.17, 15) is 14.4 Å². The Morgan fingerprint density at radius 1 is 1.03 bits per heavy atom. The van der Waals surface area contributed by atoms with E-state index >= 15 is 0 Å². The molecule has 3 amide bonds. The van der Waals surface area contributed by atoms with Crippen LogP contribution in [0.25, 0.3) is 0 Å². The molecule has 34 heavy (non-hydrogen) atoms. The summed E-state index contributed by atoms with van der Waals surface area (Å²) in [6, 6.07) is 16.9. The van der Waals surface area contributed by atoms with Gasteiger partial charge in [-0.05, 0) is 42.5 Å². The zero-order chi connectivity index (χ0) is 24.2. The van der Waals surface area contributed by atoms with Crippen LogP contribution in [0.1, 0.15) is 55.7 Å². The van der Waals surface area contributed by atoms with Crippen LogP contribution in [0.5, 0.6) is 5.75 Å². The lowest BCUT2D eigenvalue weighted by atomic mass is 10.0. The number of nitrogens with zero attached hydrogens (tertiary/aromatic N) is 1. The Hall–Kier alpha value is -3.35. The third-order valence-electron chi connectivity index (χ3n) is 6.14. The molecular weight excluding hydrogens is 430 g/mol. The number of benzene rings is 2. The zero-order valence-corrected chi connectivity index (χ0v) is 19.9. The van der Waals surface area contributed by atoms with Gasteiger partial charge < -0.3 is 20.3 Å². The van der Waals surface area contributed by atoms with Crippen LogP contribution in [-0.4, -0.2) is 49.4 Å². The summed E-state index contributed by atoms with van der Waals surface area (Å²) >= 11 is 0. The van der Waals surface area contributed by atoms with Crippen LogP contribution < -0.4 is 15.4 Å². The maximum absolute atomic E-state index is 13.3. The summed E-state index contributed by atoms with van der Waals surface area (Å²) in [4.78, 5) is 40.0. The smallest absolute Gasteiger partial charge is 0.242 e. The summed E-state index contributed by atoms with van der Waals surface area (Å²) in [7, 11) is 1.62. The van der Waals surface area contributed by atoms with Gasteiger partial charge in [-0.1, -0.05) is 55.3 Å². The van der Waals surface area contributed by atoms with E-state index in [1.165, 1.54) is 0 Å². The minimum atomic E-state index is -0.358. The largest absolute Gasteiger partial charge is 0.497 e. The van der Waals surface area contributed by atoms with Crippen LogP contribution in [0, 0.1) is 0 Å². The van der Waals surface area contributed by atoms with E-state index < -0.39 is 0 Å². The Morgan fingerprint density at radius 3 is 2.50 bits per heavy atom. The van der Waals surface area contributed by atoms with Crippen molar-refractivity contribution in [2.24, 2.45) is 0 Å². The van der Waals surface area contributed by atoms with Crippen LogP contribution in [0.3, 0.4) is 0 Å². The topological polar surface area (TPSA) is 87.7 Å². The van der Waals surface area contributed by atoms with Gasteiger partial charge in [0.1, 0.15) is 5.75 Å². The zero-order valence-electron chi connectivity index (χ0n) is 19.9. The highest BCUT2D eigenvalue weighted by Gasteiger charge is 2.27. The summed E-state index contributed by atoms with van der Waals surface area (Å²) in [5, 5.41) is 5.75. The third kappa shape index (κ3) is 7.90. The number of rotatable bonds is 7. The van der Waals surface area contributed by atoms with Crippen molar-refractivity contribution < 1.29 is 19.1 Å². The van der Waals surface area contributed by atoms with Gasteiger partial charge in [-0.3, -0.25) is 14.4 Å². The third-order valence-corrected chi connectivity index (χ3v) is 6.14. The number of methoxy groups -OCH3 is 1. The number of carbonyl (C=O) groups is 3. The van der Waals surface area contributed by atoms with E-state index in [0.29, 0.717) is 25.9 Å². The number of hydrogen-bond donors (Lipinski definition) is 2. The average molecular weight is 466 g/mol. The first kappa shape index (κ1) is 25.3. The Balaban J connectivity index is 1.62. The van der Waals surface area contributed by atoms with Crippen molar-refractivity contribution in [3.63, 3.8) is 0 Å². The molecule has 0 spiro atoms. The number of amides is 3. The maximum Gasteiger partial charge on any atom is 0.242 e. The molecule has 7 nitrogen and oxygen atoms in total. The second-order valence-corrected chi connectivity index (χ2v) is 8.61. The van der Waals surface area contributed by atoms with Gasteiger partial charge in [0.05, 0.1) is 26.1 Å². The molecule has 0 radical (unpaired) electrons. The van der Waals surface area contributed by atoms with Gasteiger partial charge in [0.25, 0.3) is 0 Å². The second kappa shape index (κ2) is 13.4. The lowest BCUT2D eigenvalue weighted by molar-refractivity contribution is -0.136. The van der Waals surface area contributed by atoms with Crippen LogP contribution in [0.2, 0.25) is 0 Å². The van der Waals surface area contributed by atoms with Crippen molar-refractivity contribution >= 4 is 17.7 Å². The predicted molar refractivity (Wildman–Crippen MR) is 131 cm³/mol. The van der Waals surface area contributed by atoms with Crippen molar-refractivity contribution in [3.05, 3.63) is 65.7 Å². The quantitative estimate of drug-likeness (QED) is 0.656. The van der Waals surface area contributed by atoms with Crippen molar-refractivity contribution in [2.45, 2.75) is 51.0 Å². The van der Waals surface area contributed by atoms with Crippen molar-refractivity contribution in [1.29, 1.82) is 0 Å². The monoisotopic (exact) mass is 465 g/mol. The van der Waals surface area contributed by atoms with Crippen LogP contribution in [-0.2, 0) is 20.8 Å². The van der Waals surface area contributed by atoms with E-state index in [4.69, 9.17) is 4.74 Å². The predicted octanol–water partition coefficient (Wildman–Crippen LogP) is 3.39. The standard InChI is InChI=1S/C27H35N3O4/c1-34-23-14-11-21(12-15-23)13-16-25(31)29-20-27(33)30-18-8-3-2-7-17-28-26(32)19-24(30)22-9-5-4-6-10-22/h4-6,9-12,14-15,24H,2-3,7-8,13,16-20H2,1H3,(H,28,32)(H,29,31). The molecule has 7 heteroatoms. The summed E-state index contributed by atoms with van der Waals surface area (Å²) < 4.78 is 5.16. The van der Waals surface area contributed by atoms with Gasteiger partial charge in [-0.25, -0.2) is 0 Å². The molecule has 1 unspecified atom stereocenters. The fraction of sp³-hybridized carbons (Fsp3) is 0.444. The van der Waals surface area contributed by atoms with E-state index in [2.05, 4.69) is 10.6 Å². The minimum Gasteiger partial charge on any atom is -0.497 e. The minimum absolute atomic E-state index is 0.0583. The molecule has 2 aromatic carbocycles. The number of carbonyl (C=O) groups excluding carboxylic acids is 3. The van der Waals surface area contributed by atoms with Crippen LogP contribution >= 0.6 is 0 Å². The summed E-state index contributed by atoms with van der Waals surface area (Å²) in [6.45, 7) is 1.15. The number of ether oxygens (including phenoxy) is 1. The van der Waals surface area contributed by atoms with E-state index in [1.54, 1.807) is 12.0 Å². The molecule has 2 N–H and O–H groups in total. The first-order valence-electron chi connectivity index (χ1n) is 12.1. The number of nitrogens with one attached hydrogen (secondary N) is 2. The Labute approximate surface area is 201 Å². The lowest BCUT2D eigenvalue weighted by Gasteiger charge is -2.32. The molecule has 2 aromatic rings. The van der Waals surface area contributed by atoms with E-state index in [-0.39, 0.29) is 36.7 Å². The fourth-order valence-electron chi connectivity index (χ4n) is 4.19. The first-order chi connectivity index (χ1) is 16.6. The van der Waals surface area contributed by atoms with Gasteiger partial charge in [0.2, 0.25) is 17.7 Å². The van der Waals surface area contributed by atoms with Crippen molar-refractivity contribution in [2.75, 3.05) is 26.7 Å². The molecule has 1 fully saturated rings. The molecule has 1 aliphatic rings. The highest BCUT2D eigenvalue weighted by Crippen LogP contribution is 2.26. The molecule has 182 valence electrons. The van der Waals surface area contributed by atoms with Gasteiger partial charge in [0, 0.05) is 19.5 Å². The molecule has 0 aliphatic carbocycles. The SMILES string of the molecule is COc1ccc(CCC(=O)NCC(=O)N2CCCCCCNC(=O)CC2c2ccccc2)cc1. The first-order valence-corrected chi connectivity index (χ1v) is 12.1. The van der Waals surface area contributed by atoms with Gasteiger partial charge in [0.15, 0.2) is 0 Å². The Kier molecular flexibility index (Phi) is 9.95.